The summed E-state index contributed by atoms with van der Waals surface area (Å²) in [5.41, 5.74) is 5.48. The molecule has 1 heterocycles. The van der Waals surface area contributed by atoms with Gasteiger partial charge < -0.3 is 5.73 Å². The monoisotopic (exact) mass is 266 g/mol. The molecule has 5 nitrogen and oxygen atoms in total. The van der Waals surface area contributed by atoms with Crippen LogP contribution in [0.25, 0.3) is 11.4 Å². The molecule has 94 valence electrons. The molecule has 2 aromatic rings. The number of amides is 1. The largest absolute Gasteiger partial charge is 0.369 e. The Hall–Kier alpha value is -1.89. The highest BCUT2D eigenvalue weighted by Crippen LogP contribution is 2.23. The molecule has 0 saturated heterocycles. The minimum absolute atomic E-state index is 0.326. The van der Waals surface area contributed by atoms with Crippen LogP contribution < -0.4 is 5.73 Å². The lowest BCUT2D eigenvalue weighted by Gasteiger charge is -2.01. The zero-order valence-corrected chi connectivity index (χ0v) is 10.4. The minimum Gasteiger partial charge on any atom is -0.369 e. The van der Waals surface area contributed by atoms with Gasteiger partial charge in [0.15, 0.2) is 5.82 Å². The number of carbonyl (C=O) groups is 1. The second-order valence-corrected chi connectivity index (χ2v) is 4.92. The fourth-order valence-corrected chi connectivity index (χ4v) is 1.96. The van der Waals surface area contributed by atoms with Crippen molar-refractivity contribution in [2.45, 2.75) is 17.3 Å². The number of benzene rings is 1. The number of aromatic amines is 1. The van der Waals surface area contributed by atoms with Gasteiger partial charge >= 0.3 is 0 Å². The molecule has 0 saturated carbocycles. The van der Waals surface area contributed by atoms with Crippen LogP contribution in [-0.4, -0.2) is 26.3 Å². The first-order chi connectivity index (χ1) is 8.58. The fourth-order valence-electron chi connectivity index (χ4n) is 1.29. The first kappa shape index (κ1) is 12.6. The van der Waals surface area contributed by atoms with Gasteiger partial charge in [0.25, 0.3) is 0 Å². The molecule has 0 radical (unpaired) electrons. The number of rotatable bonds is 4. The van der Waals surface area contributed by atoms with E-state index in [1.807, 2.05) is 0 Å². The van der Waals surface area contributed by atoms with Crippen LogP contribution in [0.4, 0.5) is 4.39 Å². The standard InChI is InChI=1S/C11H11FN4OS/c1-6(9(13)17)18-11-14-10(15-16-11)7-4-2-3-5-8(7)12/h2-6H,1H3,(H2,13,17)(H,14,15,16). The first-order valence-electron chi connectivity index (χ1n) is 5.21. The highest BCUT2D eigenvalue weighted by Gasteiger charge is 2.15. The maximum atomic E-state index is 13.5. The van der Waals surface area contributed by atoms with Gasteiger partial charge in [0.1, 0.15) is 5.82 Å². The Morgan fingerprint density at radius 1 is 1.50 bits per heavy atom. The lowest BCUT2D eigenvalue weighted by molar-refractivity contribution is -0.117. The summed E-state index contributed by atoms with van der Waals surface area (Å²) in [6.07, 6.45) is 0. The Labute approximate surface area is 107 Å². The van der Waals surface area contributed by atoms with Crippen LogP contribution in [0.5, 0.6) is 0 Å². The van der Waals surface area contributed by atoms with Gasteiger partial charge in [-0.3, -0.25) is 9.89 Å². The van der Waals surface area contributed by atoms with Crippen molar-refractivity contribution in [3.63, 3.8) is 0 Å². The second kappa shape index (κ2) is 5.18. The van der Waals surface area contributed by atoms with E-state index in [-0.39, 0.29) is 5.82 Å². The third kappa shape index (κ3) is 2.67. The van der Waals surface area contributed by atoms with E-state index in [2.05, 4.69) is 15.2 Å². The lowest BCUT2D eigenvalue weighted by Crippen LogP contribution is -2.22. The molecule has 0 spiro atoms. The van der Waals surface area contributed by atoms with E-state index in [9.17, 15) is 9.18 Å². The number of primary amides is 1. The highest BCUT2D eigenvalue weighted by atomic mass is 32.2. The first-order valence-corrected chi connectivity index (χ1v) is 6.09. The molecule has 1 aromatic heterocycles. The quantitative estimate of drug-likeness (QED) is 0.823. The number of hydrogen-bond acceptors (Lipinski definition) is 4. The van der Waals surface area contributed by atoms with Crippen LogP contribution in [0.1, 0.15) is 6.92 Å². The molecule has 18 heavy (non-hydrogen) atoms. The summed E-state index contributed by atoms with van der Waals surface area (Å²) in [7, 11) is 0. The third-order valence-electron chi connectivity index (χ3n) is 2.28. The minimum atomic E-state index is -0.447. The normalized spacial score (nSPS) is 12.3. The van der Waals surface area contributed by atoms with E-state index in [4.69, 9.17) is 5.73 Å². The number of nitrogens with one attached hydrogen (secondary N) is 1. The number of thioether (sulfide) groups is 1. The molecular formula is C11H11FN4OS. The number of H-pyrrole nitrogens is 1. The van der Waals surface area contributed by atoms with Gasteiger partial charge in [0.05, 0.1) is 10.8 Å². The van der Waals surface area contributed by atoms with Crippen LogP contribution in [0.3, 0.4) is 0 Å². The molecule has 1 amide bonds. The summed E-state index contributed by atoms with van der Waals surface area (Å²) in [6, 6.07) is 6.25. The molecule has 0 aliphatic carbocycles. The van der Waals surface area contributed by atoms with Crippen LogP contribution in [-0.2, 0) is 4.79 Å². The van der Waals surface area contributed by atoms with Crippen molar-refractivity contribution in [3.8, 4) is 11.4 Å². The zero-order valence-electron chi connectivity index (χ0n) is 9.55. The topological polar surface area (TPSA) is 84.7 Å². The van der Waals surface area contributed by atoms with Gasteiger partial charge in [-0.05, 0) is 19.1 Å². The molecule has 1 atom stereocenters. The molecule has 1 unspecified atom stereocenters. The summed E-state index contributed by atoms with van der Waals surface area (Å²) < 4.78 is 13.5. The van der Waals surface area contributed by atoms with Crippen molar-refractivity contribution in [1.82, 2.24) is 15.2 Å². The van der Waals surface area contributed by atoms with E-state index in [1.54, 1.807) is 25.1 Å². The average molecular weight is 266 g/mol. The van der Waals surface area contributed by atoms with Gasteiger partial charge in [-0.15, -0.1) is 5.10 Å². The Bertz CT molecular complexity index is 572. The lowest BCUT2D eigenvalue weighted by atomic mass is 10.2. The summed E-state index contributed by atoms with van der Waals surface area (Å²) in [4.78, 5) is 15.0. The molecule has 7 heteroatoms. The Morgan fingerprint density at radius 2 is 2.22 bits per heavy atom. The van der Waals surface area contributed by atoms with Gasteiger partial charge in [0, 0.05) is 0 Å². The molecule has 2 rings (SSSR count). The van der Waals surface area contributed by atoms with Gasteiger partial charge in [0.2, 0.25) is 11.1 Å². The third-order valence-corrected chi connectivity index (χ3v) is 3.26. The number of nitrogens with zero attached hydrogens (tertiary/aromatic N) is 2. The van der Waals surface area contributed by atoms with Crippen molar-refractivity contribution in [2.24, 2.45) is 5.73 Å². The van der Waals surface area contributed by atoms with E-state index in [0.717, 1.165) is 11.8 Å². The second-order valence-electron chi connectivity index (χ2n) is 3.61. The predicted octanol–water partition coefficient (Wildman–Crippen LogP) is 1.58. The molecule has 0 aliphatic heterocycles. The van der Waals surface area contributed by atoms with Crippen LogP contribution >= 0.6 is 11.8 Å². The SMILES string of the molecule is CC(Sc1n[nH]c(-c2ccccc2F)n1)C(N)=O. The van der Waals surface area contributed by atoms with Crippen molar-refractivity contribution in [3.05, 3.63) is 30.1 Å². The predicted molar refractivity (Wildman–Crippen MR) is 66.3 cm³/mol. The summed E-state index contributed by atoms with van der Waals surface area (Å²) in [5.74, 6) is -0.502. The summed E-state index contributed by atoms with van der Waals surface area (Å²) in [6.45, 7) is 1.66. The highest BCUT2D eigenvalue weighted by molar-refractivity contribution is 8.00. The van der Waals surface area contributed by atoms with Crippen LogP contribution in [0, 0.1) is 5.82 Å². The fraction of sp³-hybridized carbons (Fsp3) is 0.182. The van der Waals surface area contributed by atoms with E-state index >= 15 is 0 Å². The number of carbonyl (C=O) groups excluding carboxylic acids is 1. The summed E-state index contributed by atoms with van der Waals surface area (Å²) >= 11 is 1.12. The van der Waals surface area contributed by atoms with Crippen molar-refractivity contribution in [1.29, 1.82) is 0 Å². The van der Waals surface area contributed by atoms with E-state index in [1.165, 1.54) is 6.07 Å². The summed E-state index contributed by atoms with van der Waals surface area (Å²) in [5, 5.41) is 6.47. The van der Waals surface area contributed by atoms with E-state index < -0.39 is 11.2 Å². The Balaban J connectivity index is 2.21. The van der Waals surface area contributed by atoms with Crippen LogP contribution in [0.15, 0.2) is 29.4 Å². The average Bonchev–Trinajstić information content (AvgIpc) is 2.77. The maximum absolute atomic E-state index is 13.5. The number of halogens is 1. The maximum Gasteiger partial charge on any atom is 0.230 e. The Kier molecular flexibility index (Phi) is 3.61. The molecule has 0 fully saturated rings. The smallest absolute Gasteiger partial charge is 0.230 e. The number of hydrogen-bond donors (Lipinski definition) is 2. The van der Waals surface area contributed by atoms with Crippen molar-refractivity contribution < 1.29 is 9.18 Å². The van der Waals surface area contributed by atoms with Crippen molar-refractivity contribution in [2.75, 3.05) is 0 Å². The zero-order chi connectivity index (χ0) is 13.1. The molecular weight excluding hydrogens is 255 g/mol. The molecule has 3 N–H and O–H groups in total. The number of nitrogens with two attached hydrogens (primary N) is 1. The van der Waals surface area contributed by atoms with Gasteiger partial charge in [-0.1, -0.05) is 23.9 Å². The van der Waals surface area contributed by atoms with Crippen LogP contribution in [0.2, 0.25) is 0 Å². The van der Waals surface area contributed by atoms with E-state index in [0.29, 0.717) is 16.5 Å². The van der Waals surface area contributed by atoms with Gasteiger partial charge in [-0.2, -0.15) is 0 Å². The number of aromatic nitrogens is 3. The molecule has 1 aromatic carbocycles. The van der Waals surface area contributed by atoms with Crippen molar-refractivity contribution >= 4 is 17.7 Å². The Morgan fingerprint density at radius 3 is 2.89 bits per heavy atom. The van der Waals surface area contributed by atoms with Gasteiger partial charge in [-0.25, -0.2) is 9.37 Å². The molecule has 0 aliphatic rings. The molecule has 0 bridgehead atoms.